The Morgan fingerprint density at radius 2 is 2.24 bits per heavy atom. The summed E-state index contributed by atoms with van der Waals surface area (Å²) in [7, 11) is -0.821. The zero-order valence-corrected chi connectivity index (χ0v) is 11.0. The summed E-state index contributed by atoms with van der Waals surface area (Å²) in [4.78, 5) is 0. The number of ether oxygens (including phenoxy) is 1. The molecule has 1 rings (SSSR count). The summed E-state index contributed by atoms with van der Waals surface area (Å²) in [5.41, 5.74) is 0.575. The zero-order valence-electron chi connectivity index (χ0n) is 10.2. The predicted molar refractivity (Wildman–Crippen MR) is 69.4 cm³/mol. The maximum absolute atomic E-state index is 11.5. The molecule has 0 N–H and O–H groups in total. The van der Waals surface area contributed by atoms with Gasteiger partial charge >= 0.3 is 0 Å². The van der Waals surface area contributed by atoms with Gasteiger partial charge in [0, 0.05) is 16.6 Å². The summed E-state index contributed by atoms with van der Waals surface area (Å²) in [5.74, 6) is 2.35. The Kier molecular flexibility index (Phi) is 5.71. The Hall–Kier alpha value is -1.34. The van der Waals surface area contributed by atoms with Gasteiger partial charge in [-0.2, -0.15) is 5.26 Å². The quantitative estimate of drug-likeness (QED) is 0.779. The van der Waals surface area contributed by atoms with Crippen molar-refractivity contribution in [3.8, 4) is 11.8 Å². The van der Waals surface area contributed by atoms with Gasteiger partial charge in [0.25, 0.3) is 0 Å². The van der Waals surface area contributed by atoms with E-state index in [1.165, 1.54) is 0 Å². The Bertz CT molecular complexity index is 424. The first-order chi connectivity index (χ1) is 8.11. The van der Waals surface area contributed by atoms with Gasteiger partial charge in [-0.05, 0) is 24.1 Å². The molecule has 0 radical (unpaired) electrons. The van der Waals surface area contributed by atoms with Crippen LogP contribution in [0, 0.1) is 17.2 Å². The molecular formula is C13H17NO2S. The van der Waals surface area contributed by atoms with E-state index in [9.17, 15) is 4.21 Å². The van der Waals surface area contributed by atoms with Gasteiger partial charge in [-0.25, -0.2) is 0 Å². The highest BCUT2D eigenvalue weighted by atomic mass is 32.2. The van der Waals surface area contributed by atoms with Gasteiger partial charge in [0.05, 0.1) is 24.0 Å². The van der Waals surface area contributed by atoms with Gasteiger partial charge < -0.3 is 4.74 Å². The second-order valence-corrected chi connectivity index (χ2v) is 5.81. The van der Waals surface area contributed by atoms with Crippen LogP contribution in [-0.4, -0.2) is 22.3 Å². The molecule has 0 saturated heterocycles. The third kappa shape index (κ3) is 5.50. The Labute approximate surface area is 105 Å². The van der Waals surface area contributed by atoms with Crippen LogP contribution in [0.25, 0.3) is 0 Å². The molecular weight excluding hydrogens is 234 g/mol. The standard InChI is InChI=1S/C13H17NO2S/c1-11(2)10-17(15)7-6-16-13-5-3-4-12(8-13)9-14/h3-5,8,11H,6-7,10H2,1-2H3. The molecule has 0 saturated carbocycles. The molecule has 0 amide bonds. The number of nitrogens with zero attached hydrogens (tertiary/aromatic N) is 1. The highest BCUT2D eigenvalue weighted by Crippen LogP contribution is 2.12. The lowest BCUT2D eigenvalue weighted by molar-refractivity contribution is 0.342. The van der Waals surface area contributed by atoms with Crippen LogP contribution in [0.2, 0.25) is 0 Å². The summed E-state index contributed by atoms with van der Waals surface area (Å²) in [6, 6.07) is 9.04. The second kappa shape index (κ2) is 7.08. The number of nitriles is 1. The highest BCUT2D eigenvalue weighted by Gasteiger charge is 2.03. The first-order valence-electron chi connectivity index (χ1n) is 5.59. The van der Waals surface area contributed by atoms with Crippen LogP contribution in [0.1, 0.15) is 19.4 Å². The molecule has 1 aromatic carbocycles. The Balaban J connectivity index is 2.36. The molecule has 0 heterocycles. The van der Waals surface area contributed by atoms with E-state index in [2.05, 4.69) is 19.9 Å². The topological polar surface area (TPSA) is 50.1 Å². The van der Waals surface area contributed by atoms with Crippen LogP contribution >= 0.6 is 0 Å². The van der Waals surface area contributed by atoms with Crippen molar-refractivity contribution in [2.24, 2.45) is 5.92 Å². The minimum absolute atomic E-state index is 0.425. The lowest BCUT2D eigenvalue weighted by Gasteiger charge is -2.07. The van der Waals surface area contributed by atoms with E-state index in [0.717, 1.165) is 0 Å². The van der Waals surface area contributed by atoms with Gasteiger partial charge in [0.2, 0.25) is 0 Å². The SMILES string of the molecule is CC(C)CS(=O)CCOc1cccc(C#N)c1. The molecule has 92 valence electrons. The van der Waals surface area contributed by atoms with Gasteiger partial charge in [-0.15, -0.1) is 0 Å². The molecule has 1 atom stereocenters. The molecule has 0 fully saturated rings. The summed E-state index contributed by atoms with van der Waals surface area (Å²) in [6.45, 7) is 4.53. The van der Waals surface area contributed by atoms with Crippen molar-refractivity contribution in [1.29, 1.82) is 5.26 Å². The van der Waals surface area contributed by atoms with Crippen LogP contribution < -0.4 is 4.74 Å². The molecule has 1 unspecified atom stereocenters. The summed E-state index contributed by atoms with van der Waals surface area (Å²) in [6.07, 6.45) is 0. The minimum Gasteiger partial charge on any atom is -0.493 e. The fourth-order valence-corrected chi connectivity index (χ4v) is 2.54. The van der Waals surface area contributed by atoms with Crippen LogP contribution in [0.15, 0.2) is 24.3 Å². The average Bonchev–Trinajstić information content (AvgIpc) is 2.28. The predicted octanol–water partition coefficient (Wildman–Crippen LogP) is 2.34. The average molecular weight is 251 g/mol. The normalized spacial score (nSPS) is 12.1. The first kappa shape index (κ1) is 13.7. The molecule has 0 bridgehead atoms. The van der Waals surface area contributed by atoms with Crippen molar-refractivity contribution in [2.45, 2.75) is 13.8 Å². The third-order valence-corrected chi connectivity index (χ3v) is 3.72. The Morgan fingerprint density at radius 3 is 2.88 bits per heavy atom. The fourth-order valence-electron chi connectivity index (χ4n) is 1.36. The van der Waals surface area contributed by atoms with E-state index in [0.29, 0.717) is 35.3 Å². The molecule has 0 aliphatic carbocycles. The van der Waals surface area contributed by atoms with E-state index in [-0.39, 0.29) is 0 Å². The van der Waals surface area contributed by atoms with Gasteiger partial charge in [0.1, 0.15) is 5.75 Å². The van der Waals surface area contributed by atoms with Gasteiger partial charge in [0.15, 0.2) is 0 Å². The minimum atomic E-state index is -0.821. The van der Waals surface area contributed by atoms with Crippen molar-refractivity contribution in [3.63, 3.8) is 0 Å². The number of benzene rings is 1. The molecule has 0 spiro atoms. The number of hydrogen-bond donors (Lipinski definition) is 0. The van der Waals surface area contributed by atoms with Crippen molar-refractivity contribution in [2.75, 3.05) is 18.1 Å². The summed E-state index contributed by atoms with van der Waals surface area (Å²) >= 11 is 0. The molecule has 17 heavy (non-hydrogen) atoms. The number of hydrogen-bond acceptors (Lipinski definition) is 3. The van der Waals surface area contributed by atoms with E-state index in [1.807, 2.05) is 0 Å². The van der Waals surface area contributed by atoms with Crippen molar-refractivity contribution in [3.05, 3.63) is 29.8 Å². The zero-order chi connectivity index (χ0) is 12.7. The van der Waals surface area contributed by atoms with Crippen LogP contribution in [0.3, 0.4) is 0 Å². The summed E-state index contributed by atoms with van der Waals surface area (Å²) < 4.78 is 17.0. The largest absolute Gasteiger partial charge is 0.493 e. The van der Waals surface area contributed by atoms with Crippen LogP contribution in [-0.2, 0) is 10.8 Å². The maximum atomic E-state index is 11.5. The lowest BCUT2D eigenvalue weighted by atomic mass is 10.2. The van der Waals surface area contributed by atoms with Crippen LogP contribution in [0.4, 0.5) is 0 Å². The van der Waals surface area contributed by atoms with Gasteiger partial charge in [-0.3, -0.25) is 4.21 Å². The van der Waals surface area contributed by atoms with Crippen molar-refractivity contribution in [1.82, 2.24) is 0 Å². The monoisotopic (exact) mass is 251 g/mol. The highest BCUT2D eigenvalue weighted by molar-refractivity contribution is 7.85. The van der Waals surface area contributed by atoms with E-state index in [1.54, 1.807) is 24.3 Å². The van der Waals surface area contributed by atoms with Gasteiger partial charge in [-0.1, -0.05) is 19.9 Å². The van der Waals surface area contributed by atoms with E-state index < -0.39 is 10.8 Å². The summed E-state index contributed by atoms with van der Waals surface area (Å²) in [5, 5.41) is 8.72. The molecule has 3 nitrogen and oxygen atoms in total. The third-order valence-electron chi connectivity index (χ3n) is 2.06. The maximum Gasteiger partial charge on any atom is 0.120 e. The fraction of sp³-hybridized carbons (Fsp3) is 0.462. The second-order valence-electron chi connectivity index (χ2n) is 4.19. The van der Waals surface area contributed by atoms with Crippen molar-refractivity contribution < 1.29 is 8.95 Å². The smallest absolute Gasteiger partial charge is 0.120 e. The molecule has 0 aliphatic rings. The van der Waals surface area contributed by atoms with Crippen LogP contribution in [0.5, 0.6) is 5.75 Å². The molecule has 0 aromatic heterocycles. The molecule has 4 heteroatoms. The molecule has 0 aliphatic heterocycles. The van der Waals surface area contributed by atoms with E-state index in [4.69, 9.17) is 10.00 Å². The van der Waals surface area contributed by atoms with E-state index >= 15 is 0 Å². The lowest BCUT2D eigenvalue weighted by Crippen LogP contribution is -2.13. The Morgan fingerprint density at radius 1 is 1.47 bits per heavy atom. The number of rotatable bonds is 6. The molecule has 1 aromatic rings. The van der Waals surface area contributed by atoms with Crippen molar-refractivity contribution >= 4 is 10.8 Å². The first-order valence-corrected chi connectivity index (χ1v) is 7.08.